The maximum absolute atomic E-state index is 12.9. The van der Waals surface area contributed by atoms with Crippen molar-refractivity contribution in [2.45, 2.75) is 84.6 Å². The Morgan fingerprint density at radius 3 is 1.13 bits per heavy atom. The Kier molecular flexibility index (Phi) is 52.6. The van der Waals surface area contributed by atoms with Crippen molar-refractivity contribution in [3.63, 3.8) is 0 Å². The molecule has 11 N–H and O–H groups in total. The van der Waals surface area contributed by atoms with Gasteiger partial charge in [0, 0.05) is 345 Å². The summed E-state index contributed by atoms with van der Waals surface area (Å²) < 4.78 is 86.3. The number of aldehydes is 1. The minimum absolute atomic E-state index is 0. The maximum Gasteiger partial charge on any atom is 0.573 e. The van der Waals surface area contributed by atoms with Crippen LogP contribution in [-0.2, 0) is 79.3 Å². The molecule has 45 nitrogen and oxygen atoms in total. The van der Waals surface area contributed by atoms with Crippen LogP contribution in [0.15, 0.2) is 73.3 Å². The van der Waals surface area contributed by atoms with Gasteiger partial charge < -0.3 is 85.2 Å². The van der Waals surface area contributed by atoms with Gasteiger partial charge >= 0.3 is 24.7 Å². The van der Waals surface area contributed by atoms with E-state index in [0.717, 1.165) is 293 Å². The second kappa shape index (κ2) is 64.3. The quantitative estimate of drug-likeness (QED) is 0.0207. The van der Waals surface area contributed by atoms with Gasteiger partial charge in [-0.2, -0.15) is 61.6 Å². The Bertz CT molecular complexity index is 4930. The first-order valence-corrected chi connectivity index (χ1v) is 49.8. The Labute approximate surface area is 862 Å². The molecule has 0 saturated carbocycles. The first kappa shape index (κ1) is 119. The summed E-state index contributed by atoms with van der Waals surface area (Å²) in [5, 5.41) is 76.7. The van der Waals surface area contributed by atoms with E-state index in [9.17, 15) is 45.5 Å². The van der Waals surface area contributed by atoms with Gasteiger partial charge in [-0.25, -0.2) is 24.7 Å². The molecule has 17 heterocycles. The highest BCUT2D eigenvalue weighted by Gasteiger charge is 2.34. The van der Waals surface area contributed by atoms with Crippen molar-refractivity contribution >= 4 is 60.8 Å². The van der Waals surface area contributed by atoms with Gasteiger partial charge in [0.25, 0.3) is 5.91 Å². The Morgan fingerprint density at radius 1 is 0.404 bits per heavy atom. The number of aliphatic hydroxyl groups excluding tert-OH is 1. The monoisotopic (exact) mass is 2100 g/mol. The number of H-pyrrole nitrogens is 4. The molecule has 53 heteroatoms. The smallest absolute Gasteiger partial charge is 0.478 e. The third kappa shape index (κ3) is 44.7. The van der Waals surface area contributed by atoms with E-state index in [1.54, 1.807) is 17.0 Å². The third-order valence-corrected chi connectivity index (χ3v) is 25.9. The number of carbonyl (C=O) groups is 4. The van der Waals surface area contributed by atoms with Gasteiger partial charge in [-0.05, 0) is 77.6 Å². The molecule has 0 spiro atoms. The number of hydrogen-bond donors (Lipinski definition) is 11. The van der Waals surface area contributed by atoms with Crippen molar-refractivity contribution in [2.75, 3.05) is 327 Å². The molecular weight excluding hydrogens is 1950 g/mol. The molecule has 8 aromatic rings. The molecule has 0 unspecified atom stereocenters. The van der Waals surface area contributed by atoms with E-state index in [2.05, 4.69) is 221 Å². The number of β-amino-alcohol motifs (C(OH)–C–C–N with tert-alkyl or cyclic N) is 1. The predicted molar refractivity (Wildman–Crippen MR) is 542 cm³/mol. The van der Waals surface area contributed by atoms with Crippen molar-refractivity contribution in [1.29, 1.82) is 0 Å². The number of aromatic amines is 4. The molecule has 11 aliphatic rings. The summed E-state index contributed by atoms with van der Waals surface area (Å²) in [6.45, 7) is 49.0. The van der Waals surface area contributed by atoms with E-state index in [1.807, 2.05) is 6.92 Å². The predicted octanol–water partition coefficient (Wildman–Crippen LogP) is 1.36. The summed E-state index contributed by atoms with van der Waals surface area (Å²) in [4.78, 5) is 95.5. The van der Waals surface area contributed by atoms with Gasteiger partial charge in [-0.15, -0.1) is 51.2 Å². The number of alkyl halides is 6. The van der Waals surface area contributed by atoms with Crippen LogP contribution >= 0.6 is 24.8 Å². The highest BCUT2D eigenvalue weighted by Crippen LogP contribution is 2.27. The van der Waals surface area contributed by atoms with Crippen LogP contribution in [0.4, 0.5) is 38.2 Å². The van der Waals surface area contributed by atoms with Crippen LogP contribution in [-0.4, -0.2) is 519 Å². The zero-order valence-electron chi connectivity index (χ0n) is 84.9. The van der Waals surface area contributed by atoms with Crippen molar-refractivity contribution in [2.24, 2.45) is 0 Å². The standard InChI is InChI=1S/C24H28F3N9O2.C13H10F3N3O3.C12H22N6.C11H20N6.C9H18N2O2.C7H16N2O.C7H14N2O.C5H8N4.C5H12N2.2ClH/c25-24(26,27)38-19-3-1-2-17(12-19)13-28-23-29-14-18(15-30-23)22(37)36-10-8-34(9-11-36)6-7-35-5-4-20-21(16-35)32-33-31-20;14-13(15,16)22-10-3-1-2-8(4-10)5-17-12-18-6-9(7-19-12)11(20)21;1-16-4-6-17(7-5-16)8-9-18-3-2-11-12(10-18)14-15-13-11;1-4-17(9-11-10(1)13-15-14-11)8-7-16-5-2-12-3-6-16;1-3-13-9(12)8-11-6-4-10(2)5-7-11;2*1-8-2-4-9(5-3-8)6-7-10;1-2-6-3-5-4(1)7-9-8-5;1-7-4-2-6-3-5-7;;/h1-3,12,14-15H,4-11,13,16H2,(H,28,29,30)(H,31,32,33);1-4,6-7H,5H2,(H,20,21)(H,17,18,19);2-10H2,1H3,(H,13,14,15);12H,1-9H2,(H,13,14,15);3-8H2,1-2H3;10H,2-7H2,1H3;7H,2-6H2,1H3;6H,1-3H2,(H,7,8,9);6H,2-5H2,1H3;2*1H. The van der Waals surface area contributed by atoms with Gasteiger partial charge in [0.2, 0.25) is 11.9 Å². The minimum atomic E-state index is -4.75. The van der Waals surface area contributed by atoms with E-state index in [4.69, 9.17) is 14.9 Å². The number of benzene rings is 2. The SMILES string of the molecule is C1CN(CCN2CCc3n[nH]nc3C2)CCN1.C1Cc2n[nH]nc2CN1.CCOC(=O)CN1CCN(C)CC1.CN1CCN(CC=O)CC1.CN1CCN(CCN2CCc3n[nH]nc3C2)CC1.CN1CCN(CCO)CC1.CN1CCNCC1.Cl.Cl.O=C(O)c1cnc(NCc2cccc(OC(F)(F)F)c2)nc1.O=C(c1cnc(NCc2cccc(OC(F)(F)F)c2)nc1)N1CCN(CCN2CCc3n[nH]nc3C2)CC1. The summed E-state index contributed by atoms with van der Waals surface area (Å²) in [6.07, 6.45) is 0.641. The van der Waals surface area contributed by atoms with E-state index >= 15 is 0 Å². The minimum Gasteiger partial charge on any atom is -0.478 e. The summed E-state index contributed by atoms with van der Waals surface area (Å²) in [7, 11) is 10.7. The number of anilines is 2. The van der Waals surface area contributed by atoms with Gasteiger partial charge in [0.05, 0.1) is 83.0 Å². The number of halogens is 8. The molecule has 0 aliphatic carbocycles. The van der Waals surface area contributed by atoms with Crippen LogP contribution in [0.5, 0.6) is 11.5 Å². The maximum atomic E-state index is 12.9. The molecule has 6 aromatic heterocycles. The summed E-state index contributed by atoms with van der Waals surface area (Å²) >= 11 is 0. The molecule has 0 atom stereocenters. The fraction of sp³-hybridized carbons (Fsp3) is 0.656. The lowest BCUT2D eigenvalue weighted by atomic mass is 10.1. The highest BCUT2D eigenvalue weighted by molar-refractivity contribution is 5.93. The number of esters is 1. The van der Waals surface area contributed by atoms with Crippen LogP contribution in [0, 0.1) is 0 Å². The zero-order valence-corrected chi connectivity index (χ0v) is 86.5. The fourth-order valence-corrected chi connectivity index (χ4v) is 16.9. The first-order chi connectivity index (χ1) is 69.6. The largest absolute Gasteiger partial charge is 0.573 e. The van der Waals surface area contributed by atoms with Crippen LogP contribution < -0.4 is 36.1 Å². The number of likely N-dealkylation sites (N-methyl/N-ethyl adjacent to an activating group) is 5. The highest BCUT2D eigenvalue weighted by atomic mass is 35.5. The Hall–Kier alpha value is -10.1. The molecule has 146 heavy (non-hydrogen) atoms. The number of nitrogens with one attached hydrogen (secondary N) is 9. The van der Waals surface area contributed by atoms with E-state index in [-0.39, 0.29) is 78.7 Å². The normalized spacial score (nSPS) is 18.8. The number of fused-ring (bicyclic) bond motifs is 4. The van der Waals surface area contributed by atoms with Crippen molar-refractivity contribution in [3.05, 3.63) is 141 Å². The molecule has 0 bridgehead atoms. The average Bonchev–Trinajstić information content (AvgIpc) is 1.74. The second-order valence-corrected chi connectivity index (χ2v) is 36.8. The molecule has 812 valence electrons. The van der Waals surface area contributed by atoms with Gasteiger partial charge in [0.15, 0.2) is 0 Å². The topological polar surface area (TPSA) is 463 Å². The molecular formula is C93H150Cl2F6N36O9. The molecule has 2 aromatic carbocycles. The number of carbonyl (C=O) groups excluding carboxylic acids is 3. The zero-order chi connectivity index (χ0) is 102. The summed E-state index contributed by atoms with van der Waals surface area (Å²) in [6, 6.07) is 11.1. The lowest BCUT2D eigenvalue weighted by Crippen LogP contribution is -2.50. The molecule has 1 amide bonds. The van der Waals surface area contributed by atoms with Crippen molar-refractivity contribution in [3.8, 4) is 11.5 Å². The number of aliphatic hydroxyl groups is 1. The summed E-state index contributed by atoms with van der Waals surface area (Å²) in [5.41, 5.74) is 10.3. The fourth-order valence-electron chi connectivity index (χ4n) is 16.9. The number of aromatic nitrogens is 16. The van der Waals surface area contributed by atoms with Crippen LogP contribution in [0.2, 0.25) is 0 Å². The number of aromatic carboxylic acids is 1. The molecule has 11 aliphatic heterocycles. The number of nitrogens with zero attached hydrogens (tertiary/aromatic N) is 27. The average molecular weight is 2100 g/mol. The van der Waals surface area contributed by atoms with Crippen molar-refractivity contribution < 1.29 is 69.9 Å². The molecule has 19 rings (SSSR count). The molecule has 7 fully saturated rings. The molecule has 0 radical (unpaired) electrons. The van der Waals surface area contributed by atoms with Gasteiger partial charge in [-0.3, -0.25) is 53.7 Å². The van der Waals surface area contributed by atoms with Crippen LogP contribution in [0.3, 0.4) is 0 Å². The Morgan fingerprint density at radius 2 is 0.753 bits per heavy atom. The van der Waals surface area contributed by atoms with E-state index in [1.165, 1.54) is 114 Å². The first-order valence-electron chi connectivity index (χ1n) is 49.8. The number of carboxylic acids is 1. The number of carboxylic acid groups (broad SMARTS) is 1. The van der Waals surface area contributed by atoms with Crippen molar-refractivity contribution in [1.82, 2.24) is 171 Å². The second-order valence-electron chi connectivity index (χ2n) is 36.8. The van der Waals surface area contributed by atoms with Gasteiger partial charge in [-0.1, -0.05) is 24.3 Å². The number of ether oxygens (including phenoxy) is 3. The van der Waals surface area contributed by atoms with E-state index in [0.29, 0.717) is 56.1 Å². The lowest BCUT2D eigenvalue weighted by Gasteiger charge is -2.36. The summed E-state index contributed by atoms with van der Waals surface area (Å²) in [5.74, 6) is -1.57. The Balaban J connectivity index is 0.000000192. The number of piperazine rings is 7. The number of hydrogen-bond acceptors (Lipinski definition) is 39. The van der Waals surface area contributed by atoms with Crippen LogP contribution in [0.1, 0.15) is 84.3 Å². The van der Waals surface area contributed by atoms with E-state index < -0.39 is 18.7 Å². The van der Waals surface area contributed by atoms with Crippen LogP contribution in [0.25, 0.3) is 0 Å². The number of amides is 1. The van der Waals surface area contributed by atoms with Gasteiger partial charge in [0.1, 0.15) is 17.8 Å². The number of rotatable bonds is 26. The third-order valence-electron chi connectivity index (χ3n) is 25.9. The molecule has 7 saturated heterocycles. The lowest BCUT2D eigenvalue weighted by molar-refractivity contribution is -0.275.